The Morgan fingerprint density at radius 3 is 2.95 bits per heavy atom. The van der Waals surface area contributed by atoms with E-state index in [2.05, 4.69) is 11.8 Å². The van der Waals surface area contributed by atoms with E-state index in [1.54, 1.807) is 19.1 Å². The Morgan fingerprint density at radius 2 is 2.32 bits per heavy atom. The molecule has 104 valence electrons. The zero-order valence-corrected chi connectivity index (χ0v) is 11.7. The van der Waals surface area contributed by atoms with Gasteiger partial charge in [-0.1, -0.05) is 6.92 Å². The molecule has 2 N–H and O–H groups in total. The molecule has 4 nitrogen and oxygen atoms in total. The molecular formula is C15H22N2O2. The molecule has 0 radical (unpaired) electrons. The average molecular weight is 262 g/mol. The number of hydrogen-bond acceptors (Lipinski definition) is 4. The minimum absolute atomic E-state index is 0.312. The first-order chi connectivity index (χ1) is 9.11. The van der Waals surface area contributed by atoms with Crippen LogP contribution < -0.4 is 10.6 Å². The van der Waals surface area contributed by atoms with Crippen LogP contribution in [0.25, 0.3) is 0 Å². The fraction of sp³-hybridized carbons (Fsp3) is 0.533. The van der Waals surface area contributed by atoms with E-state index in [-0.39, 0.29) is 5.97 Å². The quantitative estimate of drug-likeness (QED) is 0.672. The zero-order valence-electron chi connectivity index (χ0n) is 11.7. The molecule has 1 fully saturated rings. The molecular weight excluding hydrogens is 240 g/mol. The third-order valence-corrected chi connectivity index (χ3v) is 3.54. The van der Waals surface area contributed by atoms with Crippen molar-refractivity contribution < 1.29 is 9.53 Å². The summed E-state index contributed by atoms with van der Waals surface area (Å²) in [6, 6.07) is 5.44. The smallest absolute Gasteiger partial charge is 0.338 e. The summed E-state index contributed by atoms with van der Waals surface area (Å²) < 4.78 is 4.98. The highest BCUT2D eigenvalue weighted by Gasteiger charge is 2.19. The third kappa shape index (κ3) is 3.19. The minimum Gasteiger partial charge on any atom is -0.462 e. The summed E-state index contributed by atoms with van der Waals surface area (Å²) in [4.78, 5) is 13.9. The maximum Gasteiger partial charge on any atom is 0.338 e. The Labute approximate surface area is 114 Å². The lowest BCUT2D eigenvalue weighted by atomic mass is 9.99. The molecule has 1 aliphatic rings. The van der Waals surface area contributed by atoms with Crippen LogP contribution in [-0.4, -0.2) is 25.7 Å². The van der Waals surface area contributed by atoms with Crippen molar-refractivity contribution >= 4 is 17.3 Å². The second-order valence-electron chi connectivity index (χ2n) is 5.19. The number of piperidine rings is 1. The van der Waals surface area contributed by atoms with Crippen LogP contribution in [-0.2, 0) is 4.74 Å². The van der Waals surface area contributed by atoms with Gasteiger partial charge in [-0.2, -0.15) is 0 Å². The lowest BCUT2D eigenvalue weighted by Gasteiger charge is -2.33. The zero-order chi connectivity index (χ0) is 13.8. The Bertz CT molecular complexity index is 459. The summed E-state index contributed by atoms with van der Waals surface area (Å²) in [6.07, 6.45) is 2.47. The number of nitrogen functional groups attached to an aromatic ring is 1. The van der Waals surface area contributed by atoms with E-state index in [0.29, 0.717) is 23.8 Å². The van der Waals surface area contributed by atoms with Gasteiger partial charge in [-0.15, -0.1) is 0 Å². The first-order valence-electron chi connectivity index (χ1n) is 6.93. The summed E-state index contributed by atoms with van der Waals surface area (Å²) >= 11 is 0. The second-order valence-corrected chi connectivity index (χ2v) is 5.19. The molecule has 1 aliphatic heterocycles. The Hall–Kier alpha value is -1.71. The van der Waals surface area contributed by atoms with E-state index in [4.69, 9.17) is 10.5 Å². The molecule has 1 atom stereocenters. The van der Waals surface area contributed by atoms with Crippen LogP contribution in [0.5, 0.6) is 0 Å². The number of nitrogens with two attached hydrogens (primary N) is 1. The van der Waals surface area contributed by atoms with Crippen LogP contribution in [0.15, 0.2) is 18.2 Å². The van der Waals surface area contributed by atoms with Gasteiger partial charge >= 0.3 is 5.97 Å². The van der Waals surface area contributed by atoms with E-state index < -0.39 is 0 Å². The van der Waals surface area contributed by atoms with Crippen LogP contribution in [0, 0.1) is 5.92 Å². The molecule has 0 spiro atoms. The van der Waals surface area contributed by atoms with Crippen LogP contribution in [0.3, 0.4) is 0 Å². The van der Waals surface area contributed by atoms with Gasteiger partial charge in [0.2, 0.25) is 0 Å². The number of esters is 1. The van der Waals surface area contributed by atoms with Crippen molar-refractivity contribution in [1.29, 1.82) is 0 Å². The molecule has 0 amide bonds. The highest BCUT2D eigenvalue weighted by Crippen LogP contribution is 2.29. The van der Waals surface area contributed by atoms with Gasteiger partial charge in [0.25, 0.3) is 0 Å². The van der Waals surface area contributed by atoms with Crippen LogP contribution in [0.1, 0.15) is 37.0 Å². The van der Waals surface area contributed by atoms with E-state index >= 15 is 0 Å². The standard InChI is InChI=1S/C15H22N2O2/c1-3-19-15(18)12-6-7-14(13(16)9-12)17-8-4-5-11(2)10-17/h6-7,9,11H,3-5,8,10,16H2,1-2H3. The van der Waals surface area contributed by atoms with Gasteiger partial charge in [-0.3, -0.25) is 0 Å². The third-order valence-electron chi connectivity index (χ3n) is 3.54. The molecule has 1 aromatic carbocycles. The first-order valence-corrected chi connectivity index (χ1v) is 6.93. The first kappa shape index (κ1) is 13.7. The molecule has 0 bridgehead atoms. The maximum atomic E-state index is 11.6. The predicted octanol–water partition coefficient (Wildman–Crippen LogP) is 2.68. The summed E-state index contributed by atoms with van der Waals surface area (Å²) in [5.74, 6) is 0.380. The molecule has 0 aromatic heterocycles. The fourth-order valence-electron chi connectivity index (χ4n) is 2.59. The number of rotatable bonds is 3. The molecule has 1 unspecified atom stereocenters. The van der Waals surface area contributed by atoms with Crippen molar-refractivity contribution in [3.63, 3.8) is 0 Å². The summed E-state index contributed by atoms with van der Waals surface area (Å²) in [5, 5.41) is 0. The van der Waals surface area contributed by atoms with E-state index in [9.17, 15) is 4.79 Å². The number of nitrogens with zero attached hydrogens (tertiary/aromatic N) is 1. The monoisotopic (exact) mass is 262 g/mol. The molecule has 4 heteroatoms. The lowest BCUT2D eigenvalue weighted by Crippen LogP contribution is -2.34. The van der Waals surface area contributed by atoms with Crippen LogP contribution in [0.2, 0.25) is 0 Å². The summed E-state index contributed by atoms with van der Waals surface area (Å²) in [6.45, 7) is 6.50. The Morgan fingerprint density at radius 1 is 1.53 bits per heavy atom. The summed E-state index contributed by atoms with van der Waals surface area (Å²) in [7, 11) is 0. The van der Waals surface area contributed by atoms with Crippen molar-refractivity contribution in [2.24, 2.45) is 5.92 Å². The summed E-state index contributed by atoms with van der Waals surface area (Å²) in [5.41, 5.74) is 8.28. The number of carbonyl (C=O) groups is 1. The van der Waals surface area contributed by atoms with Gasteiger partial charge in [0.15, 0.2) is 0 Å². The van der Waals surface area contributed by atoms with Gasteiger partial charge in [-0.05, 0) is 43.9 Å². The minimum atomic E-state index is -0.312. The highest BCUT2D eigenvalue weighted by atomic mass is 16.5. The van der Waals surface area contributed by atoms with Crippen LogP contribution >= 0.6 is 0 Å². The molecule has 19 heavy (non-hydrogen) atoms. The van der Waals surface area contributed by atoms with Gasteiger partial charge in [0.05, 0.1) is 23.5 Å². The predicted molar refractivity (Wildman–Crippen MR) is 77.4 cm³/mol. The van der Waals surface area contributed by atoms with Gasteiger partial charge in [0, 0.05) is 13.1 Å². The van der Waals surface area contributed by atoms with Crippen LogP contribution in [0.4, 0.5) is 11.4 Å². The van der Waals surface area contributed by atoms with Gasteiger partial charge < -0.3 is 15.4 Å². The van der Waals surface area contributed by atoms with E-state index in [1.165, 1.54) is 12.8 Å². The van der Waals surface area contributed by atoms with Crippen molar-refractivity contribution in [3.8, 4) is 0 Å². The molecule has 1 saturated heterocycles. The molecule has 1 heterocycles. The number of hydrogen-bond donors (Lipinski definition) is 1. The fourth-order valence-corrected chi connectivity index (χ4v) is 2.59. The molecule has 0 aliphatic carbocycles. The van der Waals surface area contributed by atoms with Crippen molar-refractivity contribution in [2.45, 2.75) is 26.7 Å². The van der Waals surface area contributed by atoms with Crippen molar-refractivity contribution in [2.75, 3.05) is 30.3 Å². The van der Waals surface area contributed by atoms with Gasteiger partial charge in [-0.25, -0.2) is 4.79 Å². The van der Waals surface area contributed by atoms with Gasteiger partial charge in [0.1, 0.15) is 0 Å². The number of anilines is 2. The average Bonchev–Trinajstić information content (AvgIpc) is 2.38. The SMILES string of the molecule is CCOC(=O)c1ccc(N2CCCC(C)C2)c(N)c1. The number of ether oxygens (including phenoxy) is 1. The van der Waals surface area contributed by atoms with Crippen molar-refractivity contribution in [1.82, 2.24) is 0 Å². The molecule has 0 saturated carbocycles. The molecule has 2 rings (SSSR count). The Kier molecular flexibility index (Phi) is 4.30. The number of carbonyl (C=O) groups excluding carboxylic acids is 1. The Balaban J connectivity index is 2.17. The highest BCUT2D eigenvalue weighted by molar-refractivity contribution is 5.92. The molecule has 1 aromatic rings. The van der Waals surface area contributed by atoms with Crippen molar-refractivity contribution in [3.05, 3.63) is 23.8 Å². The van der Waals surface area contributed by atoms with E-state index in [1.807, 2.05) is 6.07 Å². The second kappa shape index (κ2) is 5.95. The van der Waals surface area contributed by atoms with E-state index in [0.717, 1.165) is 18.8 Å². The largest absolute Gasteiger partial charge is 0.462 e. The number of benzene rings is 1. The topological polar surface area (TPSA) is 55.6 Å². The normalized spacial score (nSPS) is 19.3. The maximum absolute atomic E-state index is 11.6. The lowest BCUT2D eigenvalue weighted by molar-refractivity contribution is 0.0526.